The molecule has 0 radical (unpaired) electrons. The number of aryl methyl sites for hydroxylation is 2. The molecule has 1 N–H and O–H groups in total. The third-order valence-corrected chi connectivity index (χ3v) is 6.92. The molecule has 5 nitrogen and oxygen atoms in total. The van der Waals surface area contributed by atoms with Crippen LogP contribution in [0.2, 0.25) is 5.02 Å². The molecule has 1 amide bonds. The van der Waals surface area contributed by atoms with Gasteiger partial charge in [-0.1, -0.05) is 65.7 Å². The predicted molar refractivity (Wildman–Crippen MR) is 125 cm³/mol. The van der Waals surface area contributed by atoms with Gasteiger partial charge in [0.15, 0.2) is 0 Å². The van der Waals surface area contributed by atoms with E-state index in [1.54, 1.807) is 49.4 Å². The lowest BCUT2D eigenvalue weighted by molar-refractivity contribution is -0.119. The zero-order valence-corrected chi connectivity index (χ0v) is 19.1. The second-order valence-electron chi connectivity index (χ2n) is 7.34. The van der Waals surface area contributed by atoms with Crippen molar-refractivity contribution < 1.29 is 13.2 Å². The van der Waals surface area contributed by atoms with Crippen molar-refractivity contribution in [3.05, 3.63) is 94.5 Å². The minimum absolute atomic E-state index is 0.120. The zero-order chi connectivity index (χ0) is 22.4. The number of anilines is 1. The smallest absolute Gasteiger partial charge is 0.264 e. The minimum atomic E-state index is -3.97. The van der Waals surface area contributed by atoms with E-state index < -0.39 is 10.0 Å². The predicted octanol–water partition coefficient (Wildman–Crippen LogP) is 4.51. The number of carbonyl (C=O) groups is 1. The summed E-state index contributed by atoms with van der Waals surface area (Å²) in [5.41, 5.74) is 3.13. The van der Waals surface area contributed by atoms with Crippen LogP contribution in [0.1, 0.15) is 16.7 Å². The Labute approximate surface area is 188 Å². The van der Waals surface area contributed by atoms with E-state index in [0.29, 0.717) is 29.2 Å². The molecular formula is C24H25ClN2O3S. The highest BCUT2D eigenvalue weighted by Crippen LogP contribution is 2.29. The van der Waals surface area contributed by atoms with Crippen molar-refractivity contribution in [3.8, 4) is 0 Å². The van der Waals surface area contributed by atoms with Crippen LogP contribution in [0.15, 0.2) is 77.7 Å². The van der Waals surface area contributed by atoms with Gasteiger partial charge in [-0.3, -0.25) is 9.10 Å². The molecule has 7 heteroatoms. The van der Waals surface area contributed by atoms with Gasteiger partial charge in [-0.05, 0) is 55.7 Å². The lowest BCUT2D eigenvalue weighted by atomic mass is 10.1. The first kappa shape index (κ1) is 22.8. The standard InChI is InChI=1S/C24H25ClN2O3S/c1-18-8-12-22(13-9-18)31(29,30)27(23-16-21(25)11-10-19(23)2)17-24(28)26-15-14-20-6-4-3-5-7-20/h3-13,16H,14-15,17H2,1-2H3,(H,26,28). The molecule has 31 heavy (non-hydrogen) atoms. The largest absolute Gasteiger partial charge is 0.354 e. The Morgan fingerprint density at radius 3 is 2.32 bits per heavy atom. The molecule has 3 aromatic carbocycles. The van der Waals surface area contributed by atoms with E-state index in [4.69, 9.17) is 11.6 Å². The summed E-state index contributed by atoms with van der Waals surface area (Å²) in [6.45, 7) is 3.74. The lowest BCUT2D eigenvalue weighted by Gasteiger charge is -2.26. The van der Waals surface area contributed by atoms with E-state index in [-0.39, 0.29) is 17.3 Å². The van der Waals surface area contributed by atoms with Gasteiger partial charge in [0.1, 0.15) is 6.54 Å². The molecule has 0 saturated carbocycles. The molecule has 3 aromatic rings. The number of carbonyl (C=O) groups excluding carboxylic acids is 1. The molecule has 0 aliphatic rings. The van der Waals surface area contributed by atoms with Gasteiger partial charge < -0.3 is 5.32 Å². The Balaban J connectivity index is 1.84. The van der Waals surface area contributed by atoms with Crippen molar-refractivity contribution in [2.24, 2.45) is 0 Å². The summed E-state index contributed by atoms with van der Waals surface area (Å²) in [6.07, 6.45) is 0.660. The van der Waals surface area contributed by atoms with Crippen LogP contribution in [0.25, 0.3) is 0 Å². The molecule has 0 atom stereocenters. The normalized spacial score (nSPS) is 11.2. The summed E-state index contributed by atoms with van der Waals surface area (Å²) >= 11 is 6.14. The summed E-state index contributed by atoms with van der Waals surface area (Å²) < 4.78 is 28.0. The topological polar surface area (TPSA) is 66.5 Å². The quantitative estimate of drug-likeness (QED) is 0.542. The number of rotatable bonds is 8. The molecule has 162 valence electrons. The number of amides is 1. The van der Waals surface area contributed by atoms with E-state index in [1.165, 1.54) is 0 Å². The number of nitrogens with one attached hydrogen (secondary N) is 1. The first-order valence-electron chi connectivity index (χ1n) is 9.93. The number of halogens is 1. The van der Waals surface area contributed by atoms with Crippen LogP contribution in [0.5, 0.6) is 0 Å². The third kappa shape index (κ3) is 5.87. The fraction of sp³-hybridized carbons (Fsp3) is 0.208. The maximum Gasteiger partial charge on any atom is 0.264 e. The van der Waals surface area contributed by atoms with Crippen molar-refractivity contribution in [1.29, 1.82) is 0 Å². The van der Waals surface area contributed by atoms with E-state index in [1.807, 2.05) is 37.3 Å². The van der Waals surface area contributed by atoms with E-state index in [9.17, 15) is 13.2 Å². The van der Waals surface area contributed by atoms with Crippen molar-refractivity contribution in [3.63, 3.8) is 0 Å². The van der Waals surface area contributed by atoms with E-state index in [0.717, 1.165) is 15.4 Å². The van der Waals surface area contributed by atoms with Crippen LogP contribution in [0.3, 0.4) is 0 Å². The molecule has 0 aromatic heterocycles. The fourth-order valence-electron chi connectivity index (χ4n) is 3.17. The highest BCUT2D eigenvalue weighted by atomic mass is 35.5. The fourth-order valence-corrected chi connectivity index (χ4v) is 4.81. The number of benzene rings is 3. The molecule has 0 spiro atoms. The second kappa shape index (κ2) is 9.98. The lowest BCUT2D eigenvalue weighted by Crippen LogP contribution is -2.41. The average Bonchev–Trinajstić information content (AvgIpc) is 2.75. The van der Waals surface area contributed by atoms with Gasteiger partial charge in [0.25, 0.3) is 10.0 Å². The Bertz CT molecular complexity index is 1150. The van der Waals surface area contributed by atoms with Gasteiger partial charge >= 0.3 is 0 Å². The molecule has 0 saturated heterocycles. The van der Waals surface area contributed by atoms with Gasteiger partial charge in [-0.25, -0.2) is 8.42 Å². The maximum atomic E-state index is 13.4. The molecular weight excluding hydrogens is 432 g/mol. The summed E-state index contributed by atoms with van der Waals surface area (Å²) in [7, 11) is -3.97. The molecule has 3 rings (SSSR count). The van der Waals surface area contributed by atoms with Crippen molar-refractivity contribution >= 4 is 33.2 Å². The molecule has 0 aliphatic heterocycles. The molecule has 0 unspecified atom stereocenters. The van der Waals surface area contributed by atoms with E-state index >= 15 is 0 Å². The van der Waals surface area contributed by atoms with Gasteiger partial charge in [0.05, 0.1) is 10.6 Å². The molecule has 0 aliphatic carbocycles. The number of sulfonamides is 1. The summed E-state index contributed by atoms with van der Waals surface area (Å²) in [5, 5.41) is 3.22. The highest BCUT2D eigenvalue weighted by molar-refractivity contribution is 7.92. The SMILES string of the molecule is Cc1ccc(S(=O)(=O)N(CC(=O)NCCc2ccccc2)c2cc(Cl)ccc2C)cc1. The van der Waals surface area contributed by atoms with Crippen LogP contribution < -0.4 is 9.62 Å². The monoisotopic (exact) mass is 456 g/mol. The molecule has 0 bridgehead atoms. The number of hydrogen-bond acceptors (Lipinski definition) is 3. The van der Waals surface area contributed by atoms with E-state index in [2.05, 4.69) is 5.32 Å². The van der Waals surface area contributed by atoms with Crippen molar-refractivity contribution in [1.82, 2.24) is 5.32 Å². The Morgan fingerprint density at radius 1 is 0.968 bits per heavy atom. The second-order valence-corrected chi connectivity index (χ2v) is 9.64. The Kier molecular flexibility index (Phi) is 7.36. The maximum absolute atomic E-state index is 13.4. The number of nitrogens with zero attached hydrogens (tertiary/aromatic N) is 1. The minimum Gasteiger partial charge on any atom is -0.354 e. The first-order chi connectivity index (χ1) is 14.8. The third-order valence-electron chi connectivity index (χ3n) is 4.91. The summed E-state index contributed by atoms with van der Waals surface area (Å²) in [5.74, 6) is -0.383. The highest BCUT2D eigenvalue weighted by Gasteiger charge is 2.28. The summed E-state index contributed by atoms with van der Waals surface area (Å²) in [6, 6.07) is 21.3. The van der Waals surface area contributed by atoms with Crippen LogP contribution in [-0.2, 0) is 21.2 Å². The Hall–Kier alpha value is -2.83. The molecule has 0 fully saturated rings. The van der Waals surface area contributed by atoms with Crippen LogP contribution in [-0.4, -0.2) is 27.4 Å². The van der Waals surface area contributed by atoms with Gasteiger partial charge in [-0.15, -0.1) is 0 Å². The van der Waals surface area contributed by atoms with Crippen LogP contribution in [0.4, 0.5) is 5.69 Å². The number of hydrogen-bond donors (Lipinski definition) is 1. The zero-order valence-electron chi connectivity index (χ0n) is 17.5. The van der Waals surface area contributed by atoms with Crippen molar-refractivity contribution in [2.45, 2.75) is 25.2 Å². The van der Waals surface area contributed by atoms with Gasteiger partial charge in [0.2, 0.25) is 5.91 Å². The van der Waals surface area contributed by atoms with Crippen LogP contribution in [0, 0.1) is 13.8 Å². The van der Waals surface area contributed by atoms with Crippen LogP contribution >= 0.6 is 11.6 Å². The first-order valence-corrected chi connectivity index (χ1v) is 11.8. The Morgan fingerprint density at radius 2 is 1.65 bits per heavy atom. The molecule has 0 heterocycles. The van der Waals surface area contributed by atoms with Gasteiger partial charge in [0, 0.05) is 11.6 Å². The summed E-state index contributed by atoms with van der Waals surface area (Å²) in [4.78, 5) is 12.8. The van der Waals surface area contributed by atoms with Crippen molar-refractivity contribution in [2.75, 3.05) is 17.4 Å². The average molecular weight is 457 g/mol. The van der Waals surface area contributed by atoms with Gasteiger partial charge in [-0.2, -0.15) is 0 Å².